The molecule has 1 saturated carbocycles. The Bertz CT molecular complexity index is 570. The molecule has 1 aromatic carbocycles. The highest BCUT2D eigenvalue weighted by atomic mass is 32.1. The fourth-order valence-corrected chi connectivity index (χ4v) is 3.44. The summed E-state index contributed by atoms with van der Waals surface area (Å²) in [5.41, 5.74) is 3.84. The van der Waals surface area contributed by atoms with E-state index in [9.17, 15) is 0 Å². The second-order valence-electron chi connectivity index (χ2n) is 5.21. The number of aryl methyl sites for hydroxylation is 2. The molecule has 0 saturated heterocycles. The molecule has 0 radical (unpaired) electrons. The van der Waals surface area contributed by atoms with E-state index in [4.69, 9.17) is 4.98 Å². The van der Waals surface area contributed by atoms with Crippen molar-refractivity contribution in [3.8, 4) is 10.6 Å². The zero-order valence-corrected chi connectivity index (χ0v) is 12.4. The Labute approximate surface area is 118 Å². The molecule has 3 heteroatoms. The van der Waals surface area contributed by atoms with Gasteiger partial charge in [0.15, 0.2) is 0 Å². The molecular weight excluding hydrogens is 252 g/mol. The third kappa shape index (κ3) is 2.88. The molecule has 0 spiro atoms. The van der Waals surface area contributed by atoms with Crippen LogP contribution in [-0.2, 0) is 13.0 Å². The van der Waals surface area contributed by atoms with Crippen LogP contribution in [0.25, 0.3) is 10.6 Å². The van der Waals surface area contributed by atoms with Gasteiger partial charge in [0.25, 0.3) is 0 Å². The fraction of sp³-hybridized carbons (Fsp3) is 0.438. The number of nitrogens with zero attached hydrogens (tertiary/aromatic N) is 1. The second kappa shape index (κ2) is 5.43. The molecule has 0 atom stereocenters. The topological polar surface area (TPSA) is 24.9 Å². The molecule has 0 aliphatic heterocycles. The molecule has 1 fully saturated rings. The number of rotatable bonds is 5. The number of nitrogens with one attached hydrogen (secondary N) is 1. The molecule has 0 amide bonds. The van der Waals surface area contributed by atoms with Crippen LogP contribution in [0.1, 0.15) is 35.9 Å². The summed E-state index contributed by atoms with van der Waals surface area (Å²) in [7, 11) is 0. The van der Waals surface area contributed by atoms with Gasteiger partial charge in [0.2, 0.25) is 0 Å². The summed E-state index contributed by atoms with van der Waals surface area (Å²) in [6.45, 7) is 5.33. The zero-order valence-electron chi connectivity index (χ0n) is 11.6. The number of thiazole rings is 1. The lowest BCUT2D eigenvalue weighted by atomic mass is 10.1. The molecular formula is C16H20N2S. The maximum atomic E-state index is 4.84. The van der Waals surface area contributed by atoms with Crippen molar-refractivity contribution in [3.63, 3.8) is 0 Å². The van der Waals surface area contributed by atoms with E-state index in [1.165, 1.54) is 39.5 Å². The molecule has 1 heterocycles. The van der Waals surface area contributed by atoms with Crippen LogP contribution >= 0.6 is 11.3 Å². The van der Waals surface area contributed by atoms with Crippen LogP contribution in [0.3, 0.4) is 0 Å². The molecule has 0 unspecified atom stereocenters. The summed E-state index contributed by atoms with van der Waals surface area (Å²) in [6.07, 6.45) is 3.69. The summed E-state index contributed by atoms with van der Waals surface area (Å²) < 4.78 is 0. The molecule has 1 aliphatic rings. The molecule has 1 N–H and O–H groups in total. The van der Waals surface area contributed by atoms with Gasteiger partial charge in [-0.3, -0.25) is 0 Å². The van der Waals surface area contributed by atoms with Crippen LogP contribution in [0.15, 0.2) is 24.3 Å². The molecule has 2 nitrogen and oxygen atoms in total. The molecule has 1 aromatic heterocycles. The van der Waals surface area contributed by atoms with E-state index >= 15 is 0 Å². The number of hydrogen-bond acceptors (Lipinski definition) is 3. The van der Waals surface area contributed by atoms with E-state index in [1.54, 1.807) is 0 Å². The summed E-state index contributed by atoms with van der Waals surface area (Å²) in [5, 5.41) is 4.77. The van der Waals surface area contributed by atoms with Gasteiger partial charge in [-0.2, -0.15) is 0 Å². The van der Waals surface area contributed by atoms with Gasteiger partial charge < -0.3 is 5.32 Å². The predicted molar refractivity (Wildman–Crippen MR) is 81.5 cm³/mol. The van der Waals surface area contributed by atoms with E-state index in [0.29, 0.717) is 0 Å². The predicted octanol–water partition coefficient (Wildman–Crippen LogP) is 3.93. The molecule has 19 heavy (non-hydrogen) atoms. The second-order valence-corrected chi connectivity index (χ2v) is 6.30. The van der Waals surface area contributed by atoms with Crippen LogP contribution in [0.5, 0.6) is 0 Å². The number of benzene rings is 1. The standard InChI is InChI=1S/C16H20N2S/c1-3-14-15(10-17-12-8-9-12)19-16(18-14)13-7-5-4-6-11(13)2/h4-7,12,17H,3,8-10H2,1-2H3. The first kappa shape index (κ1) is 12.8. The van der Waals surface area contributed by atoms with Crippen LogP contribution in [0.2, 0.25) is 0 Å². The van der Waals surface area contributed by atoms with Crippen molar-refractivity contribution in [3.05, 3.63) is 40.4 Å². The Kier molecular flexibility index (Phi) is 3.67. The van der Waals surface area contributed by atoms with Crippen molar-refractivity contribution in [1.29, 1.82) is 0 Å². The quantitative estimate of drug-likeness (QED) is 0.892. The van der Waals surface area contributed by atoms with E-state index in [1.807, 2.05) is 11.3 Å². The highest BCUT2D eigenvalue weighted by Crippen LogP contribution is 2.31. The van der Waals surface area contributed by atoms with Crippen molar-refractivity contribution in [1.82, 2.24) is 10.3 Å². The van der Waals surface area contributed by atoms with Crippen LogP contribution < -0.4 is 5.32 Å². The van der Waals surface area contributed by atoms with Gasteiger partial charge in [-0.1, -0.05) is 31.2 Å². The van der Waals surface area contributed by atoms with E-state index in [0.717, 1.165) is 19.0 Å². The first-order chi connectivity index (χ1) is 9.28. The lowest BCUT2D eigenvalue weighted by Crippen LogP contribution is -2.15. The minimum absolute atomic E-state index is 0.758. The smallest absolute Gasteiger partial charge is 0.124 e. The molecule has 2 aromatic rings. The first-order valence-electron chi connectivity index (χ1n) is 7.06. The van der Waals surface area contributed by atoms with E-state index < -0.39 is 0 Å². The SMILES string of the molecule is CCc1nc(-c2ccccc2C)sc1CNC1CC1. The highest BCUT2D eigenvalue weighted by Gasteiger charge is 2.21. The van der Waals surface area contributed by atoms with Crippen molar-refractivity contribution in [2.45, 2.75) is 45.7 Å². The highest BCUT2D eigenvalue weighted by molar-refractivity contribution is 7.15. The minimum atomic E-state index is 0.758. The summed E-state index contributed by atoms with van der Waals surface area (Å²) >= 11 is 1.85. The van der Waals surface area contributed by atoms with Gasteiger partial charge in [-0.15, -0.1) is 11.3 Å². The lowest BCUT2D eigenvalue weighted by molar-refractivity contribution is 0.689. The largest absolute Gasteiger partial charge is 0.309 e. The zero-order chi connectivity index (χ0) is 13.2. The van der Waals surface area contributed by atoms with Gasteiger partial charge in [0, 0.05) is 23.0 Å². The molecule has 0 bridgehead atoms. The van der Waals surface area contributed by atoms with Gasteiger partial charge in [0.1, 0.15) is 5.01 Å². The molecule has 100 valence electrons. The van der Waals surface area contributed by atoms with Crippen LogP contribution in [-0.4, -0.2) is 11.0 Å². The molecule has 3 rings (SSSR count). The van der Waals surface area contributed by atoms with Gasteiger partial charge in [-0.25, -0.2) is 4.98 Å². The van der Waals surface area contributed by atoms with Gasteiger partial charge in [0.05, 0.1) is 5.69 Å². The normalized spacial score (nSPS) is 14.8. The Hall–Kier alpha value is -1.19. The van der Waals surface area contributed by atoms with Crippen molar-refractivity contribution in [2.75, 3.05) is 0 Å². The third-order valence-electron chi connectivity index (χ3n) is 3.62. The van der Waals surface area contributed by atoms with Crippen molar-refractivity contribution in [2.24, 2.45) is 0 Å². The van der Waals surface area contributed by atoms with Crippen molar-refractivity contribution < 1.29 is 0 Å². The van der Waals surface area contributed by atoms with E-state index in [-0.39, 0.29) is 0 Å². The summed E-state index contributed by atoms with van der Waals surface area (Å²) in [5.74, 6) is 0. The average Bonchev–Trinajstić information content (AvgIpc) is 3.16. The average molecular weight is 272 g/mol. The maximum Gasteiger partial charge on any atom is 0.124 e. The summed E-state index contributed by atoms with van der Waals surface area (Å²) in [6, 6.07) is 9.27. The fourth-order valence-electron chi connectivity index (χ4n) is 2.25. The number of aromatic nitrogens is 1. The first-order valence-corrected chi connectivity index (χ1v) is 7.87. The Morgan fingerprint density at radius 3 is 2.79 bits per heavy atom. The minimum Gasteiger partial charge on any atom is -0.309 e. The monoisotopic (exact) mass is 272 g/mol. The number of hydrogen-bond donors (Lipinski definition) is 1. The van der Waals surface area contributed by atoms with Crippen molar-refractivity contribution >= 4 is 11.3 Å². The maximum absolute atomic E-state index is 4.84. The van der Waals surface area contributed by atoms with Crippen LogP contribution in [0.4, 0.5) is 0 Å². The Morgan fingerprint density at radius 2 is 2.11 bits per heavy atom. The van der Waals surface area contributed by atoms with Gasteiger partial charge in [-0.05, 0) is 31.7 Å². The summed E-state index contributed by atoms with van der Waals surface area (Å²) in [4.78, 5) is 6.25. The van der Waals surface area contributed by atoms with Gasteiger partial charge >= 0.3 is 0 Å². The third-order valence-corrected chi connectivity index (χ3v) is 4.75. The van der Waals surface area contributed by atoms with E-state index in [2.05, 4.69) is 43.4 Å². The van der Waals surface area contributed by atoms with Crippen LogP contribution in [0, 0.1) is 6.92 Å². The lowest BCUT2D eigenvalue weighted by Gasteiger charge is -2.01. The Morgan fingerprint density at radius 1 is 1.32 bits per heavy atom. The molecule has 1 aliphatic carbocycles. The Balaban J connectivity index is 1.87.